The van der Waals surface area contributed by atoms with Crippen LogP contribution in [-0.2, 0) is 8.85 Å². The molecule has 14 heavy (non-hydrogen) atoms. The van der Waals surface area contributed by atoms with Crippen LogP contribution in [0.25, 0.3) is 0 Å². The van der Waals surface area contributed by atoms with Crippen LogP contribution in [0.1, 0.15) is 27.2 Å². The van der Waals surface area contributed by atoms with Crippen molar-refractivity contribution in [3.05, 3.63) is 0 Å². The lowest BCUT2D eigenvalue weighted by atomic mass is 10.5. The fourth-order valence-electron chi connectivity index (χ4n) is 1.63. The summed E-state index contributed by atoms with van der Waals surface area (Å²) in [5.41, 5.74) is 0. The first-order valence-electron chi connectivity index (χ1n) is 5.67. The van der Waals surface area contributed by atoms with E-state index in [-0.39, 0.29) is 0 Å². The van der Waals surface area contributed by atoms with Crippen LogP contribution in [0.15, 0.2) is 0 Å². The molecule has 0 radical (unpaired) electrons. The Bertz CT molecular complexity index is 127. The van der Waals surface area contributed by atoms with Crippen LogP contribution in [-0.4, -0.2) is 35.4 Å². The summed E-state index contributed by atoms with van der Waals surface area (Å²) in [6.07, 6.45) is 1.15. The van der Waals surface area contributed by atoms with Gasteiger partial charge in [-0.25, -0.2) is 0 Å². The normalized spacial score (nSPS) is 12.0. The molecule has 4 heteroatoms. The first-order valence-corrected chi connectivity index (χ1v) is 7.90. The highest BCUT2D eigenvalue weighted by Crippen LogP contribution is 2.20. The third-order valence-electron chi connectivity index (χ3n) is 2.34. The van der Waals surface area contributed by atoms with E-state index in [2.05, 4.69) is 26.1 Å². The quantitative estimate of drug-likeness (QED) is 0.476. The Balaban J connectivity index is 4.03. The highest BCUT2D eigenvalue weighted by Gasteiger charge is 2.33. The zero-order valence-corrected chi connectivity index (χ0v) is 11.1. The topological polar surface area (TPSA) is 30.5 Å². The average Bonchev–Trinajstić information content (AvgIpc) is 2.19. The Kier molecular flexibility index (Phi) is 8.47. The summed E-state index contributed by atoms with van der Waals surface area (Å²) in [7, 11) is 0.136. The molecule has 86 valence electrons. The molecular weight excluding hydrogens is 194 g/mol. The first-order chi connectivity index (χ1) is 6.74. The predicted octanol–water partition coefficient (Wildman–Crippen LogP) is 2.13. The lowest BCUT2D eigenvalue weighted by molar-refractivity contribution is 0.183. The fraction of sp³-hybridized carbons (Fsp3) is 1.00. The molecule has 0 rings (SSSR count). The minimum Gasteiger partial charge on any atom is -0.394 e. The predicted molar refractivity (Wildman–Crippen MR) is 62.8 cm³/mol. The summed E-state index contributed by atoms with van der Waals surface area (Å²) in [6, 6.07) is 2.16. The van der Waals surface area contributed by atoms with Crippen LogP contribution in [0, 0.1) is 0 Å². The Labute approximate surface area is 89.4 Å². The highest BCUT2D eigenvalue weighted by molar-refractivity contribution is 6.67. The zero-order valence-electron chi connectivity index (χ0n) is 10.1. The molecule has 0 aliphatic heterocycles. The number of hydrogen-bond acceptors (Lipinski definition) is 3. The summed E-state index contributed by atoms with van der Waals surface area (Å²) < 4.78 is 11.7. The summed E-state index contributed by atoms with van der Waals surface area (Å²) in [5, 5.41) is 3.16. The van der Waals surface area contributed by atoms with Gasteiger partial charge >= 0.3 is 8.56 Å². The van der Waals surface area contributed by atoms with Gasteiger partial charge in [0, 0.05) is 13.2 Å². The molecule has 0 aromatic carbocycles. The van der Waals surface area contributed by atoms with Gasteiger partial charge in [-0.1, -0.05) is 6.92 Å². The Morgan fingerprint density at radius 3 is 2.00 bits per heavy atom. The monoisotopic (exact) mass is 219 g/mol. The van der Waals surface area contributed by atoms with Gasteiger partial charge in [0.15, 0.2) is 0 Å². The van der Waals surface area contributed by atoms with Gasteiger partial charge in [0.1, 0.15) is 0 Å². The van der Waals surface area contributed by atoms with Gasteiger partial charge < -0.3 is 14.2 Å². The molecule has 0 amide bonds. The van der Waals surface area contributed by atoms with Gasteiger partial charge in [-0.3, -0.25) is 0 Å². The van der Waals surface area contributed by atoms with Crippen LogP contribution >= 0.6 is 0 Å². The molecule has 3 nitrogen and oxygen atoms in total. The smallest absolute Gasteiger partial charge is 0.337 e. The molecule has 0 saturated carbocycles. The van der Waals surface area contributed by atoms with Crippen molar-refractivity contribution in [3.63, 3.8) is 0 Å². The summed E-state index contributed by atoms with van der Waals surface area (Å²) in [4.78, 5) is 0. The Hall–Kier alpha value is 0.0969. The third kappa shape index (κ3) is 5.10. The molecule has 0 saturated heterocycles. The maximum absolute atomic E-state index is 5.85. The molecular formula is C10H25NO2Si. The molecule has 0 bridgehead atoms. The molecule has 0 fully saturated rings. The van der Waals surface area contributed by atoms with E-state index < -0.39 is 8.56 Å². The molecule has 0 aromatic heterocycles. The molecule has 0 heterocycles. The Morgan fingerprint density at radius 2 is 1.64 bits per heavy atom. The standard InChI is InChI=1S/C10H25NO2Si/c1-5-12-14(7-3,13-6-2)10-8-9-11-4/h11H,5-10H2,1-4H3. The van der Waals surface area contributed by atoms with Gasteiger partial charge in [0.05, 0.1) is 0 Å². The molecule has 0 aliphatic rings. The first kappa shape index (κ1) is 14.1. The van der Waals surface area contributed by atoms with Crippen LogP contribution in [0.5, 0.6) is 0 Å². The van der Waals surface area contributed by atoms with E-state index >= 15 is 0 Å². The molecule has 0 spiro atoms. The van der Waals surface area contributed by atoms with Crippen molar-refractivity contribution >= 4 is 8.56 Å². The maximum Gasteiger partial charge on any atom is 0.337 e. The molecule has 1 N–H and O–H groups in total. The van der Waals surface area contributed by atoms with Crippen molar-refractivity contribution in [3.8, 4) is 0 Å². The van der Waals surface area contributed by atoms with Gasteiger partial charge in [-0.2, -0.15) is 0 Å². The second-order valence-corrected chi connectivity index (χ2v) is 6.94. The van der Waals surface area contributed by atoms with Gasteiger partial charge in [0.2, 0.25) is 0 Å². The zero-order chi connectivity index (χ0) is 10.9. The van der Waals surface area contributed by atoms with Crippen molar-refractivity contribution in [2.75, 3.05) is 26.8 Å². The third-order valence-corrected chi connectivity index (χ3v) is 6.16. The summed E-state index contributed by atoms with van der Waals surface area (Å²) >= 11 is 0. The van der Waals surface area contributed by atoms with Crippen molar-refractivity contribution in [1.29, 1.82) is 0 Å². The van der Waals surface area contributed by atoms with E-state index in [9.17, 15) is 0 Å². The van der Waals surface area contributed by atoms with Crippen molar-refractivity contribution in [2.45, 2.75) is 39.3 Å². The molecule has 0 unspecified atom stereocenters. The lowest BCUT2D eigenvalue weighted by Gasteiger charge is -2.28. The largest absolute Gasteiger partial charge is 0.394 e. The van der Waals surface area contributed by atoms with Crippen LogP contribution in [0.3, 0.4) is 0 Å². The summed E-state index contributed by atoms with van der Waals surface area (Å²) in [6.45, 7) is 8.88. The number of nitrogens with one attached hydrogen (secondary N) is 1. The highest BCUT2D eigenvalue weighted by atomic mass is 28.4. The summed E-state index contributed by atoms with van der Waals surface area (Å²) in [5.74, 6) is 0. The number of rotatable bonds is 9. The minimum atomic E-state index is -1.85. The van der Waals surface area contributed by atoms with E-state index in [1.54, 1.807) is 0 Å². The SMILES string of the molecule is CCO[Si](CC)(CCCNC)OCC. The van der Waals surface area contributed by atoms with Crippen LogP contribution in [0.2, 0.25) is 12.1 Å². The second kappa shape index (κ2) is 8.41. The van der Waals surface area contributed by atoms with Crippen molar-refractivity contribution in [2.24, 2.45) is 0 Å². The fourth-order valence-corrected chi connectivity index (χ4v) is 4.53. The Morgan fingerprint density at radius 1 is 1.07 bits per heavy atom. The van der Waals surface area contributed by atoms with Gasteiger partial charge in [0.25, 0.3) is 0 Å². The van der Waals surface area contributed by atoms with Crippen LogP contribution in [0.4, 0.5) is 0 Å². The maximum atomic E-state index is 5.85. The van der Waals surface area contributed by atoms with Gasteiger partial charge in [-0.05, 0) is 45.9 Å². The van der Waals surface area contributed by atoms with E-state index in [1.807, 2.05) is 7.05 Å². The average molecular weight is 219 g/mol. The molecule has 0 aliphatic carbocycles. The molecule has 0 aromatic rings. The number of hydrogen-bond donors (Lipinski definition) is 1. The van der Waals surface area contributed by atoms with Crippen molar-refractivity contribution in [1.82, 2.24) is 5.32 Å². The van der Waals surface area contributed by atoms with E-state index in [0.29, 0.717) is 0 Å². The second-order valence-electron chi connectivity index (χ2n) is 3.34. The molecule has 0 atom stereocenters. The van der Waals surface area contributed by atoms with E-state index in [0.717, 1.165) is 38.3 Å². The van der Waals surface area contributed by atoms with E-state index in [1.165, 1.54) is 0 Å². The van der Waals surface area contributed by atoms with Gasteiger partial charge in [-0.15, -0.1) is 0 Å². The van der Waals surface area contributed by atoms with Crippen LogP contribution < -0.4 is 5.32 Å². The van der Waals surface area contributed by atoms with Crippen molar-refractivity contribution < 1.29 is 8.85 Å². The lowest BCUT2D eigenvalue weighted by Crippen LogP contribution is -2.42. The minimum absolute atomic E-state index is 0.777. The van der Waals surface area contributed by atoms with E-state index in [4.69, 9.17) is 8.85 Å².